The van der Waals surface area contributed by atoms with Gasteiger partial charge >= 0.3 is 0 Å². The third-order valence-corrected chi connectivity index (χ3v) is 4.68. The van der Waals surface area contributed by atoms with E-state index in [9.17, 15) is 10.2 Å². The molecule has 3 heterocycles. The van der Waals surface area contributed by atoms with Crippen LogP contribution in [0.3, 0.4) is 0 Å². The van der Waals surface area contributed by atoms with E-state index in [2.05, 4.69) is 14.9 Å². The number of aromatic nitrogens is 2. The average molecular weight is 313 g/mol. The minimum Gasteiger partial charge on any atom is -0.394 e. The third-order valence-electron chi connectivity index (χ3n) is 4.42. The number of rotatable bonds is 4. The molecule has 0 saturated carbocycles. The van der Waals surface area contributed by atoms with E-state index in [-0.39, 0.29) is 25.3 Å². The van der Waals surface area contributed by atoms with E-state index < -0.39 is 0 Å². The van der Waals surface area contributed by atoms with Crippen LogP contribution in [-0.4, -0.2) is 58.6 Å². The van der Waals surface area contributed by atoms with Crippen molar-refractivity contribution in [1.29, 1.82) is 0 Å². The van der Waals surface area contributed by atoms with Gasteiger partial charge in [0.15, 0.2) is 5.82 Å². The summed E-state index contributed by atoms with van der Waals surface area (Å²) in [6, 6.07) is 0.170. The smallest absolute Gasteiger partial charge is 0.227 e. The summed E-state index contributed by atoms with van der Waals surface area (Å²) in [6.45, 7) is 1.93. The molecule has 0 aliphatic carbocycles. The van der Waals surface area contributed by atoms with Gasteiger partial charge in [0.1, 0.15) is 5.02 Å². The van der Waals surface area contributed by atoms with Gasteiger partial charge in [-0.05, 0) is 25.7 Å². The lowest BCUT2D eigenvalue weighted by Gasteiger charge is -2.28. The Labute approximate surface area is 129 Å². The maximum Gasteiger partial charge on any atom is 0.227 e. The van der Waals surface area contributed by atoms with Gasteiger partial charge < -0.3 is 20.0 Å². The fraction of sp³-hybridized carbons (Fsp3) is 0.714. The largest absolute Gasteiger partial charge is 0.394 e. The predicted octanol–water partition coefficient (Wildman–Crippen LogP) is 1.05. The molecule has 2 aliphatic heterocycles. The molecular weight excluding hydrogens is 292 g/mol. The van der Waals surface area contributed by atoms with Crippen LogP contribution in [0, 0.1) is 0 Å². The van der Waals surface area contributed by atoms with E-state index in [1.807, 2.05) is 4.90 Å². The van der Waals surface area contributed by atoms with E-state index in [0.717, 1.165) is 38.8 Å². The van der Waals surface area contributed by atoms with Gasteiger partial charge in [-0.1, -0.05) is 11.6 Å². The topological polar surface area (TPSA) is 72.7 Å². The molecule has 0 unspecified atom stereocenters. The van der Waals surface area contributed by atoms with Crippen molar-refractivity contribution in [2.75, 3.05) is 36.1 Å². The van der Waals surface area contributed by atoms with Gasteiger partial charge in [0.05, 0.1) is 31.5 Å². The Hall–Kier alpha value is -1.11. The summed E-state index contributed by atoms with van der Waals surface area (Å²) in [4.78, 5) is 13.1. The van der Waals surface area contributed by atoms with Crippen LogP contribution in [-0.2, 0) is 0 Å². The van der Waals surface area contributed by atoms with Crippen molar-refractivity contribution in [3.8, 4) is 0 Å². The molecule has 116 valence electrons. The Balaban J connectivity index is 1.89. The fourth-order valence-corrected chi connectivity index (χ4v) is 3.48. The summed E-state index contributed by atoms with van der Waals surface area (Å²) < 4.78 is 0. The summed E-state index contributed by atoms with van der Waals surface area (Å²) in [5, 5.41) is 19.4. The molecule has 6 nitrogen and oxygen atoms in total. The maximum absolute atomic E-state index is 9.48. The first-order valence-corrected chi connectivity index (χ1v) is 7.90. The third kappa shape index (κ3) is 2.80. The van der Waals surface area contributed by atoms with Gasteiger partial charge in [0, 0.05) is 13.1 Å². The first-order valence-electron chi connectivity index (χ1n) is 7.52. The van der Waals surface area contributed by atoms with E-state index in [1.165, 1.54) is 0 Å². The molecule has 0 bridgehead atoms. The van der Waals surface area contributed by atoms with Gasteiger partial charge in [-0.15, -0.1) is 0 Å². The number of hydrogen-bond acceptors (Lipinski definition) is 6. The lowest BCUT2D eigenvalue weighted by Crippen LogP contribution is -2.36. The average Bonchev–Trinajstić information content (AvgIpc) is 3.16. The molecule has 0 aromatic carbocycles. The van der Waals surface area contributed by atoms with Gasteiger partial charge in [0.25, 0.3) is 0 Å². The SMILES string of the molecule is OC[C@H]1CCCN1c1ncc(Cl)c(N2CCC[C@@H]2CO)n1. The molecule has 0 radical (unpaired) electrons. The zero-order valence-corrected chi connectivity index (χ0v) is 12.7. The highest BCUT2D eigenvalue weighted by Gasteiger charge is 2.30. The highest BCUT2D eigenvalue weighted by Crippen LogP contribution is 2.32. The van der Waals surface area contributed by atoms with Crippen molar-refractivity contribution >= 4 is 23.4 Å². The van der Waals surface area contributed by atoms with E-state index >= 15 is 0 Å². The molecule has 2 atom stereocenters. The maximum atomic E-state index is 9.48. The van der Waals surface area contributed by atoms with Crippen LogP contribution in [0.4, 0.5) is 11.8 Å². The molecule has 7 heteroatoms. The monoisotopic (exact) mass is 312 g/mol. The van der Waals surface area contributed by atoms with E-state index in [0.29, 0.717) is 16.8 Å². The molecule has 0 amide bonds. The molecule has 3 rings (SSSR count). The zero-order chi connectivity index (χ0) is 14.8. The number of aliphatic hydroxyl groups excluding tert-OH is 2. The molecule has 2 N–H and O–H groups in total. The van der Waals surface area contributed by atoms with Crippen molar-refractivity contribution in [1.82, 2.24) is 9.97 Å². The van der Waals surface area contributed by atoms with Gasteiger partial charge in [-0.25, -0.2) is 4.98 Å². The summed E-state index contributed by atoms with van der Waals surface area (Å²) >= 11 is 6.26. The van der Waals surface area contributed by atoms with Crippen molar-refractivity contribution in [2.45, 2.75) is 37.8 Å². The van der Waals surface area contributed by atoms with Crippen LogP contribution in [0.5, 0.6) is 0 Å². The van der Waals surface area contributed by atoms with Crippen molar-refractivity contribution in [3.63, 3.8) is 0 Å². The molecule has 1 aromatic heterocycles. The Morgan fingerprint density at radius 2 is 1.71 bits per heavy atom. The van der Waals surface area contributed by atoms with Crippen LogP contribution in [0.1, 0.15) is 25.7 Å². The summed E-state index contributed by atoms with van der Waals surface area (Å²) in [7, 11) is 0. The second-order valence-corrected chi connectivity index (χ2v) is 6.09. The number of nitrogens with zero attached hydrogens (tertiary/aromatic N) is 4. The summed E-state index contributed by atoms with van der Waals surface area (Å²) in [5.74, 6) is 1.32. The fourth-order valence-electron chi connectivity index (χ4n) is 3.28. The summed E-state index contributed by atoms with van der Waals surface area (Å²) in [6.07, 6.45) is 5.61. The molecule has 0 spiro atoms. The second-order valence-electron chi connectivity index (χ2n) is 5.69. The van der Waals surface area contributed by atoms with Gasteiger partial charge in [-0.3, -0.25) is 0 Å². The number of halogens is 1. The van der Waals surface area contributed by atoms with Crippen LogP contribution < -0.4 is 9.80 Å². The molecule has 1 aromatic rings. The predicted molar refractivity (Wildman–Crippen MR) is 81.9 cm³/mol. The van der Waals surface area contributed by atoms with Crippen molar-refractivity contribution in [2.24, 2.45) is 0 Å². The number of anilines is 2. The Morgan fingerprint density at radius 3 is 2.38 bits per heavy atom. The first-order chi connectivity index (χ1) is 10.2. The van der Waals surface area contributed by atoms with Gasteiger partial charge in [0.2, 0.25) is 5.95 Å². The van der Waals surface area contributed by atoms with Crippen LogP contribution in [0.15, 0.2) is 6.20 Å². The normalized spacial score (nSPS) is 25.9. The van der Waals surface area contributed by atoms with Crippen molar-refractivity contribution in [3.05, 3.63) is 11.2 Å². The van der Waals surface area contributed by atoms with Crippen molar-refractivity contribution < 1.29 is 10.2 Å². The molecular formula is C14H21ClN4O2. The number of hydrogen-bond donors (Lipinski definition) is 2. The lowest BCUT2D eigenvalue weighted by atomic mass is 10.2. The molecule has 21 heavy (non-hydrogen) atoms. The van der Waals surface area contributed by atoms with E-state index in [1.54, 1.807) is 6.20 Å². The lowest BCUT2D eigenvalue weighted by molar-refractivity contribution is 0.265. The molecule has 2 saturated heterocycles. The molecule has 2 fully saturated rings. The zero-order valence-electron chi connectivity index (χ0n) is 12.0. The first kappa shape index (κ1) is 14.8. The van der Waals surface area contributed by atoms with Crippen LogP contribution >= 0.6 is 11.6 Å². The number of aliphatic hydroxyl groups is 2. The standard InChI is InChI=1S/C14H21ClN4O2/c15-12-7-16-14(19-6-2-4-11(19)9-21)17-13(12)18-5-1-3-10(18)8-20/h7,10-11,20-21H,1-6,8-9H2/t10-,11-/m1/s1. The minimum atomic E-state index is 0.0810. The van der Waals surface area contributed by atoms with Gasteiger partial charge in [-0.2, -0.15) is 4.98 Å². The minimum absolute atomic E-state index is 0.0810. The highest BCUT2D eigenvalue weighted by molar-refractivity contribution is 6.32. The Morgan fingerprint density at radius 1 is 1.10 bits per heavy atom. The molecule has 2 aliphatic rings. The summed E-state index contributed by atoms with van der Waals surface area (Å²) in [5.41, 5.74) is 0. The van der Waals surface area contributed by atoms with Crippen LogP contribution in [0.2, 0.25) is 5.02 Å². The second kappa shape index (κ2) is 6.34. The Bertz CT molecular complexity index is 502. The highest BCUT2D eigenvalue weighted by atomic mass is 35.5. The van der Waals surface area contributed by atoms with Crippen LogP contribution in [0.25, 0.3) is 0 Å². The Kier molecular flexibility index (Phi) is 4.47. The van der Waals surface area contributed by atoms with E-state index in [4.69, 9.17) is 11.6 Å². The quantitative estimate of drug-likeness (QED) is 0.866.